The number of rotatable bonds is 2. The van der Waals surface area contributed by atoms with Crippen LogP contribution in [-0.4, -0.2) is 36.1 Å². The predicted molar refractivity (Wildman–Crippen MR) is 81.0 cm³/mol. The number of aryl methyl sites for hydroxylation is 2. The summed E-state index contributed by atoms with van der Waals surface area (Å²) >= 11 is 3.81. The number of nitrogens with one attached hydrogen (secondary N) is 1. The van der Waals surface area contributed by atoms with Gasteiger partial charge in [0.2, 0.25) is 0 Å². The van der Waals surface area contributed by atoms with Gasteiger partial charge >= 0.3 is 0 Å². The van der Waals surface area contributed by atoms with Gasteiger partial charge in [-0.2, -0.15) is 0 Å². The average Bonchev–Trinajstić information content (AvgIpc) is 3.04. The van der Waals surface area contributed by atoms with Gasteiger partial charge in [-0.1, -0.05) is 0 Å². The molecule has 19 heavy (non-hydrogen) atoms. The van der Waals surface area contributed by atoms with Gasteiger partial charge < -0.3 is 5.32 Å². The van der Waals surface area contributed by atoms with Crippen molar-refractivity contribution >= 4 is 22.7 Å². The Morgan fingerprint density at radius 3 is 2.95 bits per heavy atom. The van der Waals surface area contributed by atoms with Crippen LogP contribution in [0.3, 0.4) is 0 Å². The molecule has 0 bridgehead atoms. The van der Waals surface area contributed by atoms with E-state index >= 15 is 0 Å². The number of nitrogens with zero attached hydrogens (tertiary/aromatic N) is 2. The lowest BCUT2D eigenvalue weighted by atomic mass is 10.0. The summed E-state index contributed by atoms with van der Waals surface area (Å²) < 4.78 is 0. The zero-order valence-corrected chi connectivity index (χ0v) is 12.4. The van der Waals surface area contributed by atoms with E-state index in [9.17, 15) is 0 Å². The molecule has 1 aliphatic heterocycles. The molecule has 2 aromatic rings. The summed E-state index contributed by atoms with van der Waals surface area (Å²) in [6.45, 7) is 5.54. The lowest BCUT2D eigenvalue weighted by Crippen LogP contribution is -2.42. The third-order valence-electron chi connectivity index (χ3n) is 3.89. The topological polar surface area (TPSA) is 28.2 Å². The Morgan fingerprint density at radius 1 is 1.21 bits per heavy atom. The molecule has 0 radical (unpaired) electrons. The van der Waals surface area contributed by atoms with Crippen LogP contribution in [0, 0.1) is 0 Å². The normalized spacial score (nSPS) is 19.2. The highest BCUT2D eigenvalue weighted by atomic mass is 32.1. The molecule has 100 valence electrons. The lowest BCUT2D eigenvalue weighted by molar-refractivity contribution is 0.233. The molecule has 0 saturated carbocycles. The molecule has 3 heterocycles. The van der Waals surface area contributed by atoms with Gasteiger partial charge in [-0.25, -0.2) is 4.98 Å². The van der Waals surface area contributed by atoms with Gasteiger partial charge in [-0.15, -0.1) is 22.7 Å². The van der Waals surface area contributed by atoms with Gasteiger partial charge in [0, 0.05) is 41.5 Å². The van der Waals surface area contributed by atoms with Crippen LogP contribution in [0.25, 0.3) is 11.3 Å². The maximum absolute atomic E-state index is 4.92. The quantitative estimate of drug-likeness (QED) is 0.921. The van der Waals surface area contributed by atoms with Crippen molar-refractivity contribution in [3.8, 4) is 11.3 Å². The van der Waals surface area contributed by atoms with Crippen LogP contribution >= 0.6 is 22.7 Å². The molecule has 1 N–H and O–H groups in total. The van der Waals surface area contributed by atoms with Gasteiger partial charge in [-0.05, 0) is 24.3 Å². The number of fused-ring (bicyclic) bond motifs is 3. The summed E-state index contributed by atoms with van der Waals surface area (Å²) in [4.78, 5) is 10.4. The number of thiazole rings is 1. The smallest absolute Gasteiger partial charge is 0.108 e. The van der Waals surface area contributed by atoms with Crippen LogP contribution in [0.15, 0.2) is 11.4 Å². The van der Waals surface area contributed by atoms with Crippen molar-refractivity contribution < 1.29 is 0 Å². The fourth-order valence-corrected chi connectivity index (χ4v) is 4.89. The first-order valence-electron chi connectivity index (χ1n) is 6.88. The van der Waals surface area contributed by atoms with E-state index in [-0.39, 0.29) is 0 Å². The van der Waals surface area contributed by atoms with Crippen molar-refractivity contribution in [1.82, 2.24) is 15.2 Å². The second-order valence-corrected chi connectivity index (χ2v) is 7.33. The monoisotopic (exact) mass is 291 g/mol. The zero-order valence-electron chi connectivity index (χ0n) is 10.8. The third-order valence-corrected chi connectivity index (χ3v) is 5.97. The highest BCUT2D eigenvalue weighted by Gasteiger charge is 2.22. The number of piperazine rings is 1. The fraction of sp³-hybridized carbons (Fsp3) is 0.500. The highest BCUT2D eigenvalue weighted by Crippen LogP contribution is 2.39. The van der Waals surface area contributed by atoms with Crippen LogP contribution < -0.4 is 5.32 Å². The molecule has 2 aromatic heterocycles. The van der Waals surface area contributed by atoms with Crippen LogP contribution in [0.5, 0.6) is 0 Å². The van der Waals surface area contributed by atoms with Crippen LogP contribution in [0.1, 0.15) is 14.8 Å². The minimum atomic E-state index is 1.03. The lowest BCUT2D eigenvalue weighted by Gasteiger charge is -2.26. The van der Waals surface area contributed by atoms with E-state index in [2.05, 4.69) is 21.7 Å². The number of hydrogen-bond donors (Lipinski definition) is 1. The highest BCUT2D eigenvalue weighted by molar-refractivity contribution is 7.12. The molecule has 2 aliphatic rings. The van der Waals surface area contributed by atoms with E-state index in [1.807, 2.05) is 22.7 Å². The van der Waals surface area contributed by atoms with Crippen molar-refractivity contribution in [2.75, 3.05) is 26.2 Å². The Balaban J connectivity index is 1.59. The second kappa shape index (κ2) is 4.98. The molecule has 0 atom stereocenters. The molecule has 4 rings (SSSR count). The molecule has 0 unspecified atom stereocenters. The van der Waals surface area contributed by atoms with E-state index in [1.165, 1.54) is 38.9 Å². The summed E-state index contributed by atoms with van der Waals surface area (Å²) in [6, 6.07) is 2.24. The molecular weight excluding hydrogens is 274 g/mol. The number of hydrogen-bond acceptors (Lipinski definition) is 5. The maximum atomic E-state index is 4.92. The number of thiophene rings is 1. The van der Waals surface area contributed by atoms with E-state index in [0.717, 1.165) is 32.7 Å². The van der Waals surface area contributed by atoms with Crippen molar-refractivity contribution in [3.05, 3.63) is 26.2 Å². The zero-order chi connectivity index (χ0) is 12.7. The van der Waals surface area contributed by atoms with Crippen LogP contribution in [0.2, 0.25) is 0 Å². The third kappa shape index (κ3) is 2.25. The van der Waals surface area contributed by atoms with Crippen molar-refractivity contribution in [2.24, 2.45) is 0 Å². The minimum absolute atomic E-state index is 1.03. The van der Waals surface area contributed by atoms with Gasteiger partial charge in [-0.3, -0.25) is 4.90 Å². The van der Waals surface area contributed by atoms with E-state index in [0.29, 0.717) is 0 Å². The first-order valence-corrected chi connectivity index (χ1v) is 8.58. The average molecular weight is 291 g/mol. The van der Waals surface area contributed by atoms with Gasteiger partial charge in [0.25, 0.3) is 0 Å². The van der Waals surface area contributed by atoms with E-state index in [1.54, 1.807) is 0 Å². The maximum Gasteiger partial charge on any atom is 0.108 e. The van der Waals surface area contributed by atoms with Gasteiger partial charge in [0.15, 0.2) is 0 Å². The first kappa shape index (κ1) is 12.0. The minimum Gasteiger partial charge on any atom is -0.314 e. The second-order valence-electron chi connectivity index (χ2n) is 5.16. The predicted octanol–water partition coefficient (Wildman–Crippen LogP) is 2.38. The van der Waals surface area contributed by atoms with Gasteiger partial charge in [0.1, 0.15) is 5.01 Å². The largest absolute Gasteiger partial charge is 0.314 e. The molecule has 0 amide bonds. The summed E-state index contributed by atoms with van der Waals surface area (Å²) in [5.74, 6) is 0. The van der Waals surface area contributed by atoms with Crippen molar-refractivity contribution in [2.45, 2.75) is 19.4 Å². The van der Waals surface area contributed by atoms with Crippen LogP contribution in [0.4, 0.5) is 0 Å². The summed E-state index contributed by atoms with van der Waals surface area (Å²) in [7, 11) is 0. The molecule has 3 nitrogen and oxygen atoms in total. The van der Waals surface area contributed by atoms with Crippen molar-refractivity contribution in [3.63, 3.8) is 0 Å². The Morgan fingerprint density at radius 2 is 2.05 bits per heavy atom. The molecule has 0 aromatic carbocycles. The molecule has 5 heteroatoms. The Bertz CT molecular complexity index is 581. The Labute approximate surface area is 121 Å². The molecule has 1 fully saturated rings. The summed E-state index contributed by atoms with van der Waals surface area (Å²) in [5, 5.41) is 6.90. The molecule has 1 saturated heterocycles. The van der Waals surface area contributed by atoms with E-state index in [4.69, 9.17) is 4.98 Å². The van der Waals surface area contributed by atoms with Gasteiger partial charge in [0.05, 0.1) is 12.2 Å². The number of aromatic nitrogens is 1. The van der Waals surface area contributed by atoms with Crippen LogP contribution in [-0.2, 0) is 19.4 Å². The Hall–Kier alpha value is -0.750. The standard InChI is InChI=1S/C14H17N3S2/c1-2-12-14(10-3-8-18-11(1)10)16-13(19-12)9-17-6-4-15-5-7-17/h3,8,15H,1-2,4-7,9H2. The molecule has 0 spiro atoms. The Kier molecular flexibility index (Phi) is 3.15. The molecular formula is C14H17N3S2. The fourth-order valence-electron chi connectivity index (χ4n) is 2.88. The summed E-state index contributed by atoms with van der Waals surface area (Å²) in [5.41, 5.74) is 2.67. The molecule has 1 aliphatic carbocycles. The summed E-state index contributed by atoms with van der Waals surface area (Å²) in [6.07, 6.45) is 2.39. The van der Waals surface area contributed by atoms with Crippen molar-refractivity contribution in [1.29, 1.82) is 0 Å². The van der Waals surface area contributed by atoms with E-state index < -0.39 is 0 Å². The SMILES string of the molecule is c1cc2c(s1)CCc1sc(CN3CCNCC3)nc1-2. The first-order chi connectivity index (χ1) is 9.40.